The van der Waals surface area contributed by atoms with Crippen LogP contribution in [-0.2, 0) is 22.7 Å². The molecule has 1 aromatic heterocycles. The van der Waals surface area contributed by atoms with Crippen LogP contribution in [0.5, 0.6) is 0 Å². The van der Waals surface area contributed by atoms with Crippen LogP contribution in [0, 0.1) is 5.41 Å². The molecule has 0 saturated heterocycles. The number of aromatic nitrogens is 1. The Balaban J connectivity index is 1.79. The van der Waals surface area contributed by atoms with E-state index >= 15 is 0 Å². The summed E-state index contributed by atoms with van der Waals surface area (Å²) in [6.45, 7) is 8.11. The fourth-order valence-electron chi connectivity index (χ4n) is 4.71. The maximum atomic E-state index is 13.8. The topological polar surface area (TPSA) is 51.1 Å². The summed E-state index contributed by atoms with van der Waals surface area (Å²) in [5, 5.41) is -1.12. The van der Waals surface area contributed by atoms with Crippen LogP contribution >= 0.6 is 0 Å². The Morgan fingerprint density at radius 2 is 1.78 bits per heavy atom. The van der Waals surface area contributed by atoms with Gasteiger partial charge in [-0.25, -0.2) is 21.9 Å². The molecular weight excluding hydrogens is 499 g/mol. The highest BCUT2D eigenvalue weighted by molar-refractivity contribution is 7.90. The Labute approximate surface area is 207 Å². The van der Waals surface area contributed by atoms with Gasteiger partial charge in [-0.15, -0.1) is 0 Å². The third kappa shape index (κ3) is 5.16. The van der Waals surface area contributed by atoms with Gasteiger partial charge in [0.1, 0.15) is 5.25 Å². The lowest BCUT2D eigenvalue weighted by Crippen LogP contribution is -2.53. The highest BCUT2D eigenvalue weighted by Gasteiger charge is 2.55. The van der Waals surface area contributed by atoms with Gasteiger partial charge < -0.3 is 4.57 Å². The number of rotatable bonds is 6. The van der Waals surface area contributed by atoms with Crippen molar-refractivity contribution in [2.75, 3.05) is 0 Å². The van der Waals surface area contributed by atoms with Crippen LogP contribution in [0.1, 0.15) is 57.7 Å². The smallest absolute Gasteiger partial charge is 0.347 e. The lowest BCUT2D eigenvalue weighted by Gasteiger charge is -2.36. The molecule has 1 aliphatic carbocycles. The molecule has 3 aromatic rings. The molecule has 0 amide bonds. The largest absolute Gasteiger partial charge is 0.417 e. The zero-order chi connectivity index (χ0) is 26.7. The zero-order valence-corrected chi connectivity index (χ0v) is 21.3. The van der Waals surface area contributed by atoms with E-state index in [1.807, 2.05) is 25.3 Å². The Hall–Kier alpha value is -2.46. The molecule has 0 bridgehead atoms. The van der Waals surface area contributed by atoms with E-state index in [2.05, 4.69) is 4.72 Å². The number of hydrogen-bond acceptors (Lipinski definition) is 2. The van der Waals surface area contributed by atoms with E-state index < -0.39 is 45.4 Å². The third-order valence-corrected chi connectivity index (χ3v) is 8.51. The highest BCUT2D eigenvalue weighted by Crippen LogP contribution is 2.43. The quantitative estimate of drug-likeness (QED) is 0.346. The minimum absolute atomic E-state index is 0.0397. The SMILES string of the molecule is C[C@@H](NS(=O)(=O)C1CCC1(F)F)c1cn(CC(C)(C)C)c2cc(-c3ccccc3C(F)(F)F)ccc12. The fourth-order valence-corrected chi connectivity index (χ4v) is 6.50. The van der Waals surface area contributed by atoms with Gasteiger partial charge in [0, 0.05) is 36.1 Å². The van der Waals surface area contributed by atoms with Gasteiger partial charge in [-0.3, -0.25) is 0 Å². The van der Waals surface area contributed by atoms with E-state index in [-0.39, 0.29) is 17.4 Å². The van der Waals surface area contributed by atoms with Crippen molar-refractivity contribution >= 4 is 20.9 Å². The van der Waals surface area contributed by atoms with Gasteiger partial charge in [0.2, 0.25) is 10.0 Å². The van der Waals surface area contributed by atoms with Crippen molar-refractivity contribution < 1.29 is 30.4 Å². The summed E-state index contributed by atoms with van der Waals surface area (Å²) >= 11 is 0. The lowest BCUT2D eigenvalue weighted by atomic mass is 9.94. The van der Waals surface area contributed by atoms with Crippen LogP contribution in [0.25, 0.3) is 22.0 Å². The number of halogens is 5. The maximum absolute atomic E-state index is 13.8. The van der Waals surface area contributed by atoms with Crippen molar-refractivity contribution in [3.05, 3.63) is 59.8 Å². The van der Waals surface area contributed by atoms with E-state index in [9.17, 15) is 30.4 Å². The first-order chi connectivity index (χ1) is 16.5. The first-order valence-electron chi connectivity index (χ1n) is 11.7. The van der Waals surface area contributed by atoms with Crippen molar-refractivity contribution in [1.29, 1.82) is 0 Å². The molecule has 2 atom stereocenters. The highest BCUT2D eigenvalue weighted by atomic mass is 32.2. The predicted octanol–water partition coefficient (Wildman–Crippen LogP) is 7.15. The van der Waals surface area contributed by atoms with Gasteiger partial charge in [0.05, 0.1) is 5.56 Å². The predicted molar refractivity (Wildman–Crippen MR) is 130 cm³/mol. The molecule has 0 aliphatic heterocycles. The minimum atomic E-state index is -4.53. The number of alkyl halides is 5. The lowest BCUT2D eigenvalue weighted by molar-refractivity contribution is -0.137. The van der Waals surface area contributed by atoms with Gasteiger partial charge in [-0.1, -0.05) is 51.1 Å². The first kappa shape index (κ1) is 26.6. The van der Waals surface area contributed by atoms with Crippen molar-refractivity contribution in [3.63, 3.8) is 0 Å². The second-order valence-electron chi connectivity index (χ2n) is 10.7. The molecule has 1 saturated carbocycles. The molecule has 4 nitrogen and oxygen atoms in total. The van der Waals surface area contributed by atoms with Gasteiger partial charge in [0.15, 0.2) is 0 Å². The molecule has 36 heavy (non-hydrogen) atoms. The minimum Gasteiger partial charge on any atom is -0.347 e. The molecule has 2 aromatic carbocycles. The summed E-state index contributed by atoms with van der Waals surface area (Å²) in [4.78, 5) is 0. The van der Waals surface area contributed by atoms with Gasteiger partial charge in [0.25, 0.3) is 5.92 Å². The summed E-state index contributed by atoms with van der Waals surface area (Å²) in [5.74, 6) is -3.26. The third-order valence-electron chi connectivity index (χ3n) is 6.49. The summed E-state index contributed by atoms with van der Waals surface area (Å²) in [6.07, 6.45) is -3.34. The number of benzene rings is 2. The molecule has 1 N–H and O–H groups in total. The van der Waals surface area contributed by atoms with Crippen molar-refractivity contribution in [3.8, 4) is 11.1 Å². The fraction of sp³-hybridized carbons (Fsp3) is 0.462. The van der Waals surface area contributed by atoms with E-state index in [4.69, 9.17) is 0 Å². The maximum Gasteiger partial charge on any atom is 0.417 e. The average molecular weight is 529 g/mol. The van der Waals surface area contributed by atoms with E-state index in [0.29, 0.717) is 28.6 Å². The second-order valence-corrected chi connectivity index (χ2v) is 12.6. The van der Waals surface area contributed by atoms with Crippen LogP contribution in [0.2, 0.25) is 0 Å². The molecule has 1 unspecified atom stereocenters. The number of nitrogens with zero attached hydrogens (tertiary/aromatic N) is 1. The zero-order valence-electron chi connectivity index (χ0n) is 20.5. The molecular formula is C26H29F5N2O2S. The normalized spacial score (nSPS) is 19.3. The molecule has 0 spiro atoms. The van der Waals surface area contributed by atoms with E-state index in [1.165, 1.54) is 12.1 Å². The number of nitrogens with one attached hydrogen (secondary N) is 1. The Morgan fingerprint density at radius 3 is 2.33 bits per heavy atom. The molecule has 196 valence electrons. The molecule has 1 fully saturated rings. The van der Waals surface area contributed by atoms with Gasteiger partial charge >= 0.3 is 6.18 Å². The number of fused-ring (bicyclic) bond motifs is 1. The average Bonchev–Trinajstić information content (AvgIpc) is 3.08. The van der Waals surface area contributed by atoms with Crippen LogP contribution in [0.4, 0.5) is 22.0 Å². The summed E-state index contributed by atoms with van der Waals surface area (Å²) < 4.78 is 98.2. The van der Waals surface area contributed by atoms with Crippen molar-refractivity contribution in [2.24, 2.45) is 5.41 Å². The standard InChI is InChI=1S/C26H29F5N2O2S/c1-16(32-36(34,35)23-11-12-25(23,27)28)20-14-33(15-24(2,3)4)22-13-17(9-10-19(20)22)18-7-5-6-8-21(18)26(29,30)31/h5-10,13-14,16,23,32H,11-12,15H2,1-4H3/t16-,23?/m1/s1. The van der Waals surface area contributed by atoms with E-state index in [0.717, 1.165) is 6.07 Å². The van der Waals surface area contributed by atoms with E-state index in [1.54, 1.807) is 37.4 Å². The molecule has 4 rings (SSSR count). The summed E-state index contributed by atoms with van der Waals surface area (Å²) in [6, 6.07) is 9.41. The van der Waals surface area contributed by atoms with Crippen LogP contribution in [0.15, 0.2) is 48.7 Å². The monoisotopic (exact) mass is 528 g/mol. The summed E-state index contributed by atoms with van der Waals surface area (Å²) in [5.41, 5.74) is 0.668. The molecule has 1 aliphatic rings. The Morgan fingerprint density at radius 1 is 1.11 bits per heavy atom. The number of sulfonamides is 1. The van der Waals surface area contributed by atoms with Crippen LogP contribution in [0.3, 0.4) is 0 Å². The van der Waals surface area contributed by atoms with Crippen molar-refractivity contribution in [1.82, 2.24) is 9.29 Å². The molecule has 10 heteroatoms. The van der Waals surface area contributed by atoms with Crippen molar-refractivity contribution in [2.45, 2.75) is 70.5 Å². The number of hydrogen-bond donors (Lipinski definition) is 1. The van der Waals surface area contributed by atoms with Crippen LogP contribution in [-0.4, -0.2) is 24.2 Å². The molecule has 1 heterocycles. The second kappa shape index (κ2) is 8.83. The summed E-state index contributed by atoms with van der Waals surface area (Å²) in [7, 11) is -4.28. The Kier molecular flexibility index (Phi) is 6.53. The Bertz CT molecular complexity index is 1390. The molecule has 0 radical (unpaired) electrons. The van der Waals surface area contributed by atoms with Crippen LogP contribution < -0.4 is 4.72 Å². The van der Waals surface area contributed by atoms with Gasteiger partial charge in [-0.05, 0) is 47.6 Å². The first-order valence-corrected chi connectivity index (χ1v) is 13.2. The van der Waals surface area contributed by atoms with Gasteiger partial charge in [-0.2, -0.15) is 13.2 Å².